The summed E-state index contributed by atoms with van der Waals surface area (Å²) in [7, 11) is 0. The van der Waals surface area contributed by atoms with Crippen molar-refractivity contribution in [3.05, 3.63) is 30.1 Å². The highest BCUT2D eigenvalue weighted by molar-refractivity contribution is 5.90. The van der Waals surface area contributed by atoms with Gasteiger partial charge >= 0.3 is 0 Å². The SMILES string of the molecule is CCC(C)C1NC(=O)CCN(Cc2cccnc2)C1=O. The van der Waals surface area contributed by atoms with Crippen molar-refractivity contribution >= 4 is 11.8 Å². The van der Waals surface area contributed by atoms with Crippen LogP contribution in [0.3, 0.4) is 0 Å². The van der Waals surface area contributed by atoms with Gasteiger partial charge in [0.2, 0.25) is 11.8 Å². The van der Waals surface area contributed by atoms with Crippen LogP contribution in [0.15, 0.2) is 24.5 Å². The molecule has 1 aromatic heterocycles. The smallest absolute Gasteiger partial charge is 0.245 e. The molecule has 1 fully saturated rings. The maximum atomic E-state index is 12.6. The topological polar surface area (TPSA) is 62.3 Å². The average molecular weight is 275 g/mol. The molecular weight excluding hydrogens is 254 g/mol. The van der Waals surface area contributed by atoms with Gasteiger partial charge in [-0.25, -0.2) is 0 Å². The summed E-state index contributed by atoms with van der Waals surface area (Å²) in [5.74, 6) is 0.104. The number of aromatic nitrogens is 1. The normalized spacial score (nSPS) is 21.3. The van der Waals surface area contributed by atoms with E-state index in [2.05, 4.69) is 10.3 Å². The molecular formula is C15H21N3O2. The van der Waals surface area contributed by atoms with Crippen molar-refractivity contribution in [2.45, 2.75) is 39.3 Å². The third-order valence-electron chi connectivity index (χ3n) is 3.81. The summed E-state index contributed by atoms with van der Waals surface area (Å²) in [6, 6.07) is 3.39. The second-order valence-electron chi connectivity index (χ2n) is 5.30. The molecule has 2 atom stereocenters. The van der Waals surface area contributed by atoms with Gasteiger partial charge in [0.15, 0.2) is 0 Å². The fourth-order valence-corrected chi connectivity index (χ4v) is 2.34. The van der Waals surface area contributed by atoms with Crippen molar-refractivity contribution in [2.75, 3.05) is 6.54 Å². The van der Waals surface area contributed by atoms with Crippen LogP contribution in [0.2, 0.25) is 0 Å². The van der Waals surface area contributed by atoms with Gasteiger partial charge in [-0.1, -0.05) is 26.3 Å². The number of nitrogens with zero attached hydrogens (tertiary/aromatic N) is 2. The lowest BCUT2D eigenvalue weighted by Gasteiger charge is -2.27. The molecule has 0 radical (unpaired) electrons. The van der Waals surface area contributed by atoms with Crippen LogP contribution in [0.1, 0.15) is 32.3 Å². The van der Waals surface area contributed by atoms with E-state index < -0.39 is 6.04 Å². The Morgan fingerprint density at radius 1 is 1.50 bits per heavy atom. The number of carbonyl (C=O) groups is 2. The minimum Gasteiger partial charge on any atom is -0.344 e. The molecule has 0 bridgehead atoms. The molecule has 5 heteroatoms. The summed E-state index contributed by atoms with van der Waals surface area (Å²) in [5.41, 5.74) is 0.984. The molecule has 1 saturated heterocycles. The van der Waals surface area contributed by atoms with Crippen molar-refractivity contribution in [3.63, 3.8) is 0 Å². The van der Waals surface area contributed by atoms with Crippen molar-refractivity contribution in [2.24, 2.45) is 5.92 Å². The second kappa shape index (κ2) is 6.50. The van der Waals surface area contributed by atoms with Gasteiger partial charge in [-0.15, -0.1) is 0 Å². The van der Waals surface area contributed by atoms with E-state index in [-0.39, 0.29) is 17.7 Å². The fraction of sp³-hybridized carbons (Fsp3) is 0.533. The molecule has 2 heterocycles. The Morgan fingerprint density at radius 3 is 2.95 bits per heavy atom. The summed E-state index contributed by atoms with van der Waals surface area (Å²) in [6.45, 7) is 5.00. The molecule has 20 heavy (non-hydrogen) atoms. The van der Waals surface area contributed by atoms with E-state index in [0.29, 0.717) is 19.5 Å². The molecule has 0 saturated carbocycles. The van der Waals surface area contributed by atoms with Crippen molar-refractivity contribution < 1.29 is 9.59 Å². The molecule has 1 aromatic rings. The van der Waals surface area contributed by atoms with Crippen molar-refractivity contribution in [1.82, 2.24) is 15.2 Å². The zero-order valence-corrected chi connectivity index (χ0v) is 12.0. The number of amides is 2. The van der Waals surface area contributed by atoms with Gasteiger partial charge in [-0.05, 0) is 17.5 Å². The molecule has 1 aliphatic heterocycles. The molecule has 5 nitrogen and oxygen atoms in total. The summed E-state index contributed by atoms with van der Waals surface area (Å²) >= 11 is 0. The first-order valence-corrected chi connectivity index (χ1v) is 7.09. The Balaban J connectivity index is 2.15. The van der Waals surface area contributed by atoms with Crippen LogP contribution in [-0.2, 0) is 16.1 Å². The zero-order valence-electron chi connectivity index (χ0n) is 12.0. The molecule has 1 N–H and O–H groups in total. The first-order valence-electron chi connectivity index (χ1n) is 7.09. The van der Waals surface area contributed by atoms with E-state index in [1.165, 1.54) is 0 Å². The average Bonchev–Trinajstić information content (AvgIpc) is 2.61. The fourth-order valence-electron chi connectivity index (χ4n) is 2.34. The Labute approximate surface area is 119 Å². The lowest BCUT2D eigenvalue weighted by molar-refractivity contribution is -0.135. The maximum absolute atomic E-state index is 12.6. The van der Waals surface area contributed by atoms with Gasteiger partial charge in [0.05, 0.1) is 0 Å². The number of pyridine rings is 1. The van der Waals surface area contributed by atoms with Gasteiger partial charge in [0.1, 0.15) is 6.04 Å². The first-order chi connectivity index (χ1) is 9.61. The highest BCUT2D eigenvalue weighted by atomic mass is 16.2. The standard InChI is InChI=1S/C15H21N3O2/c1-3-11(2)14-15(20)18(8-6-13(19)17-14)10-12-5-4-7-16-9-12/h4-5,7,9,11,14H,3,6,8,10H2,1-2H3,(H,17,19). The van der Waals surface area contributed by atoms with E-state index in [1.54, 1.807) is 17.3 Å². The first kappa shape index (κ1) is 14.5. The zero-order chi connectivity index (χ0) is 14.5. The van der Waals surface area contributed by atoms with Gasteiger partial charge in [0, 0.05) is 31.9 Å². The lowest BCUT2D eigenvalue weighted by atomic mass is 9.98. The van der Waals surface area contributed by atoms with Gasteiger partial charge in [-0.2, -0.15) is 0 Å². The third kappa shape index (κ3) is 3.35. The Kier molecular flexibility index (Phi) is 4.71. The molecule has 0 spiro atoms. The minimum absolute atomic E-state index is 0.00838. The van der Waals surface area contributed by atoms with Crippen LogP contribution in [-0.4, -0.2) is 34.3 Å². The van der Waals surface area contributed by atoms with Crippen LogP contribution in [0.5, 0.6) is 0 Å². The molecule has 0 aliphatic carbocycles. The highest BCUT2D eigenvalue weighted by Crippen LogP contribution is 2.16. The monoisotopic (exact) mass is 275 g/mol. The van der Waals surface area contributed by atoms with Crippen LogP contribution in [0, 0.1) is 5.92 Å². The van der Waals surface area contributed by atoms with Crippen molar-refractivity contribution in [1.29, 1.82) is 0 Å². The summed E-state index contributed by atoms with van der Waals surface area (Å²) in [4.78, 5) is 30.2. The number of nitrogens with one attached hydrogen (secondary N) is 1. The summed E-state index contributed by atoms with van der Waals surface area (Å²) < 4.78 is 0. The van der Waals surface area contributed by atoms with E-state index >= 15 is 0 Å². The van der Waals surface area contributed by atoms with Crippen LogP contribution < -0.4 is 5.32 Å². The molecule has 108 valence electrons. The quantitative estimate of drug-likeness (QED) is 0.902. The number of hydrogen-bond donors (Lipinski definition) is 1. The molecule has 2 unspecified atom stereocenters. The van der Waals surface area contributed by atoms with Crippen LogP contribution in [0.4, 0.5) is 0 Å². The molecule has 0 aromatic carbocycles. The lowest BCUT2D eigenvalue weighted by Crippen LogP contribution is -2.48. The summed E-state index contributed by atoms with van der Waals surface area (Å²) in [5, 5.41) is 2.85. The molecule has 1 aliphatic rings. The van der Waals surface area contributed by atoms with Gasteiger partial charge in [-0.3, -0.25) is 14.6 Å². The number of rotatable bonds is 4. The Hall–Kier alpha value is -1.91. The maximum Gasteiger partial charge on any atom is 0.245 e. The predicted molar refractivity (Wildman–Crippen MR) is 75.7 cm³/mol. The van der Waals surface area contributed by atoms with E-state index in [4.69, 9.17) is 0 Å². The second-order valence-corrected chi connectivity index (χ2v) is 5.30. The third-order valence-corrected chi connectivity index (χ3v) is 3.81. The van der Waals surface area contributed by atoms with E-state index in [0.717, 1.165) is 12.0 Å². The number of hydrogen-bond acceptors (Lipinski definition) is 3. The van der Waals surface area contributed by atoms with E-state index in [9.17, 15) is 9.59 Å². The summed E-state index contributed by atoms with van der Waals surface area (Å²) in [6.07, 6.45) is 4.68. The largest absolute Gasteiger partial charge is 0.344 e. The Morgan fingerprint density at radius 2 is 2.30 bits per heavy atom. The van der Waals surface area contributed by atoms with Gasteiger partial charge < -0.3 is 10.2 Å². The highest BCUT2D eigenvalue weighted by Gasteiger charge is 2.32. The van der Waals surface area contributed by atoms with Crippen LogP contribution in [0.25, 0.3) is 0 Å². The Bertz CT molecular complexity index is 475. The van der Waals surface area contributed by atoms with Crippen molar-refractivity contribution in [3.8, 4) is 0 Å². The number of carbonyl (C=O) groups excluding carboxylic acids is 2. The van der Waals surface area contributed by atoms with E-state index in [1.807, 2.05) is 26.0 Å². The minimum atomic E-state index is -0.410. The van der Waals surface area contributed by atoms with Crippen LogP contribution >= 0.6 is 0 Å². The molecule has 2 amide bonds. The van der Waals surface area contributed by atoms with Gasteiger partial charge in [0.25, 0.3) is 0 Å². The molecule has 2 rings (SSSR count). The predicted octanol–water partition coefficient (Wildman–Crippen LogP) is 1.34.